The summed E-state index contributed by atoms with van der Waals surface area (Å²) in [4.78, 5) is 11.8. The summed E-state index contributed by atoms with van der Waals surface area (Å²) in [5.41, 5.74) is 0.698. The van der Waals surface area contributed by atoms with Crippen molar-refractivity contribution in [3.63, 3.8) is 0 Å². The second kappa shape index (κ2) is 8.27. The highest BCUT2D eigenvalue weighted by Crippen LogP contribution is 2.33. The van der Waals surface area contributed by atoms with E-state index < -0.39 is 0 Å². The number of benzene rings is 1. The number of ether oxygens (including phenoxy) is 2. The lowest BCUT2D eigenvalue weighted by atomic mass is 10.2. The standard InChI is InChI=1S/C18H23NO3/c1-3-4-5-10-18(20)19-14-11-12-16(21-2)17(13-14)22-15-8-6-7-9-15/h3-5,10-13,15H,6-9H2,1-2H3,(H,19,20)/b4-3+,10-5+. The Morgan fingerprint density at radius 3 is 2.68 bits per heavy atom. The molecule has 0 saturated heterocycles. The fraction of sp³-hybridized carbons (Fsp3) is 0.389. The Morgan fingerprint density at radius 2 is 2.00 bits per heavy atom. The predicted octanol–water partition coefficient (Wildman–Crippen LogP) is 4.09. The van der Waals surface area contributed by atoms with Crippen molar-refractivity contribution in [2.75, 3.05) is 12.4 Å². The van der Waals surface area contributed by atoms with Crippen molar-refractivity contribution in [2.24, 2.45) is 0 Å². The Balaban J connectivity index is 2.07. The van der Waals surface area contributed by atoms with Crippen molar-refractivity contribution >= 4 is 11.6 Å². The van der Waals surface area contributed by atoms with E-state index in [2.05, 4.69) is 5.32 Å². The van der Waals surface area contributed by atoms with Crippen LogP contribution in [0.5, 0.6) is 11.5 Å². The molecular weight excluding hydrogens is 278 g/mol. The molecule has 1 aliphatic carbocycles. The quantitative estimate of drug-likeness (QED) is 0.636. The zero-order valence-electron chi connectivity index (χ0n) is 13.2. The number of methoxy groups -OCH3 is 1. The van der Waals surface area contributed by atoms with E-state index in [9.17, 15) is 4.79 Å². The Morgan fingerprint density at radius 1 is 1.23 bits per heavy atom. The normalized spacial score (nSPS) is 15.5. The number of anilines is 1. The van der Waals surface area contributed by atoms with Gasteiger partial charge in [0.1, 0.15) is 0 Å². The molecule has 0 atom stereocenters. The van der Waals surface area contributed by atoms with Gasteiger partial charge in [0, 0.05) is 17.8 Å². The first-order chi connectivity index (χ1) is 10.7. The molecule has 0 aromatic heterocycles. The maximum absolute atomic E-state index is 11.8. The molecule has 1 amide bonds. The zero-order chi connectivity index (χ0) is 15.8. The van der Waals surface area contributed by atoms with Gasteiger partial charge in [0.2, 0.25) is 5.91 Å². The van der Waals surface area contributed by atoms with Crippen molar-refractivity contribution in [2.45, 2.75) is 38.7 Å². The SMILES string of the molecule is C/C=C/C=C/C(=O)Nc1ccc(OC)c(OC2CCCC2)c1. The predicted molar refractivity (Wildman–Crippen MR) is 88.5 cm³/mol. The highest BCUT2D eigenvalue weighted by molar-refractivity contribution is 5.99. The summed E-state index contributed by atoms with van der Waals surface area (Å²) < 4.78 is 11.3. The van der Waals surface area contributed by atoms with Crippen molar-refractivity contribution in [3.8, 4) is 11.5 Å². The van der Waals surface area contributed by atoms with Crippen LogP contribution in [0.15, 0.2) is 42.5 Å². The van der Waals surface area contributed by atoms with Gasteiger partial charge in [0.05, 0.1) is 13.2 Å². The topological polar surface area (TPSA) is 47.6 Å². The first-order valence-electron chi connectivity index (χ1n) is 7.68. The van der Waals surface area contributed by atoms with Gasteiger partial charge in [-0.05, 0) is 44.7 Å². The van der Waals surface area contributed by atoms with E-state index >= 15 is 0 Å². The second-order valence-electron chi connectivity index (χ2n) is 5.26. The molecule has 1 fully saturated rings. The lowest BCUT2D eigenvalue weighted by Gasteiger charge is -2.17. The molecule has 1 aliphatic rings. The van der Waals surface area contributed by atoms with E-state index in [0.717, 1.165) is 12.8 Å². The van der Waals surface area contributed by atoms with Gasteiger partial charge in [-0.2, -0.15) is 0 Å². The number of nitrogens with one attached hydrogen (secondary N) is 1. The largest absolute Gasteiger partial charge is 0.493 e. The summed E-state index contributed by atoms with van der Waals surface area (Å²) in [6.07, 6.45) is 11.7. The van der Waals surface area contributed by atoms with Gasteiger partial charge < -0.3 is 14.8 Å². The van der Waals surface area contributed by atoms with Crippen LogP contribution in [0.4, 0.5) is 5.69 Å². The van der Waals surface area contributed by atoms with Crippen LogP contribution in [0.25, 0.3) is 0 Å². The summed E-state index contributed by atoms with van der Waals surface area (Å²) in [6, 6.07) is 5.44. The lowest BCUT2D eigenvalue weighted by molar-refractivity contribution is -0.111. The van der Waals surface area contributed by atoms with E-state index in [1.54, 1.807) is 13.2 Å². The number of allylic oxidation sites excluding steroid dienone is 3. The third-order valence-corrected chi connectivity index (χ3v) is 3.58. The van der Waals surface area contributed by atoms with Crippen LogP contribution in [0, 0.1) is 0 Å². The number of amides is 1. The number of carbonyl (C=O) groups is 1. The van der Waals surface area contributed by atoms with Gasteiger partial charge in [-0.1, -0.05) is 18.2 Å². The maximum atomic E-state index is 11.8. The molecule has 0 spiro atoms. The molecule has 0 aliphatic heterocycles. The molecule has 4 heteroatoms. The van der Waals surface area contributed by atoms with Crippen LogP contribution in [0.2, 0.25) is 0 Å². The molecule has 22 heavy (non-hydrogen) atoms. The third kappa shape index (κ3) is 4.65. The molecule has 0 heterocycles. The molecule has 1 aromatic carbocycles. The zero-order valence-corrected chi connectivity index (χ0v) is 13.2. The van der Waals surface area contributed by atoms with Crippen molar-refractivity contribution in [3.05, 3.63) is 42.5 Å². The molecule has 4 nitrogen and oxygen atoms in total. The average Bonchev–Trinajstić information content (AvgIpc) is 3.01. The molecular formula is C18H23NO3. The number of hydrogen-bond donors (Lipinski definition) is 1. The Labute approximate surface area is 131 Å². The first kappa shape index (κ1) is 16.1. The molecule has 1 saturated carbocycles. The van der Waals surface area contributed by atoms with Crippen LogP contribution in [-0.4, -0.2) is 19.1 Å². The highest BCUT2D eigenvalue weighted by atomic mass is 16.5. The monoisotopic (exact) mass is 301 g/mol. The summed E-state index contributed by atoms with van der Waals surface area (Å²) in [6.45, 7) is 1.90. The van der Waals surface area contributed by atoms with E-state index in [1.165, 1.54) is 18.9 Å². The molecule has 2 rings (SSSR count). The van der Waals surface area contributed by atoms with Gasteiger partial charge in [-0.15, -0.1) is 0 Å². The Bertz CT molecular complexity index is 557. The summed E-state index contributed by atoms with van der Waals surface area (Å²) in [5.74, 6) is 1.20. The van der Waals surface area contributed by atoms with Crippen LogP contribution >= 0.6 is 0 Å². The van der Waals surface area contributed by atoms with Crippen LogP contribution < -0.4 is 14.8 Å². The number of rotatable bonds is 6. The number of carbonyl (C=O) groups excluding carboxylic acids is 1. The minimum Gasteiger partial charge on any atom is -0.493 e. The van der Waals surface area contributed by atoms with E-state index in [-0.39, 0.29) is 12.0 Å². The molecule has 0 radical (unpaired) electrons. The van der Waals surface area contributed by atoms with Crippen molar-refractivity contribution < 1.29 is 14.3 Å². The van der Waals surface area contributed by atoms with Crippen molar-refractivity contribution in [1.29, 1.82) is 0 Å². The summed E-state index contributed by atoms with van der Waals surface area (Å²) in [7, 11) is 1.62. The minimum atomic E-state index is -0.171. The average molecular weight is 301 g/mol. The van der Waals surface area contributed by atoms with Crippen molar-refractivity contribution in [1.82, 2.24) is 0 Å². The van der Waals surface area contributed by atoms with Crippen LogP contribution in [0.3, 0.4) is 0 Å². The molecule has 1 aromatic rings. The smallest absolute Gasteiger partial charge is 0.248 e. The fourth-order valence-electron chi connectivity index (χ4n) is 2.47. The van der Waals surface area contributed by atoms with Crippen LogP contribution in [-0.2, 0) is 4.79 Å². The van der Waals surface area contributed by atoms with Gasteiger partial charge in [-0.25, -0.2) is 0 Å². The Kier molecular flexibility index (Phi) is 6.07. The molecule has 118 valence electrons. The van der Waals surface area contributed by atoms with Gasteiger partial charge >= 0.3 is 0 Å². The number of hydrogen-bond acceptors (Lipinski definition) is 3. The van der Waals surface area contributed by atoms with Crippen LogP contribution in [0.1, 0.15) is 32.6 Å². The second-order valence-corrected chi connectivity index (χ2v) is 5.26. The lowest BCUT2D eigenvalue weighted by Crippen LogP contribution is -2.12. The molecule has 0 unspecified atom stereocenters. The summed E-state index contributed by atoms with van der Waals surface area (Å²) >= 11 is 0. The van der Waals surface area contributed by atoms with Gasteiger partial charge in [0.15, 0.2) is 11.5 Å². The van der Waals surface area contributed by atoms with Gasteiger partial charge in [-0.3, -0.25) is 4.79 Å². The minimum absolute atomic E-state index is 0.171. The first-order valence-corrected chi connectivity index (χ1v) is 7.68. The summed E-state index contributed by atoms with van der Waals surface area (Å²) in [5, 5.41) is 2.82. The maximum Gasteiger partial charge on any atom is 0.248 e. The molecule has 1 N–H and O–H groups in total. The van der Waals surface area contributed by atoms with E-state index in [0.29, 0.717) is 17.2 Å². The fourth-order valence-corrected chi connectivity index (χ4v) is 2.47. The van der Waals surface area contributed by atoms with E-state index in [4.69, 9.17) is 9.47 Å². The Hall–Kier alpha value is -2.23. The third-order valence-electron chi connectivity index (χ3n) is 3.58. The highest BCUT2D eigenvalue weighted by Gasteiger charge is 2.18. The van der Waals surface area contributed by atoms with E-state index in [1.807, 2.05) is 37.3 Å². The van der Waals surface area contributed by atoms with Gasteiger partial charge in [0.25, 0.3) is 0 Å². The molecule has 0 bridgehead atoms.